The first-order chi connectivity index (χ1) is 11.9. The molecule has 0 radical (unpaired) electrons. The van der Waals surface area contributed by atoms with Crippen molar-refractivity contribution < 1.29 is 13.2 Å². The summed E-state index contributed by atoms with van der Waals surface area (Å²) in [5.41, 5.74) is 0.268. The molecule has 0 aliphatic carbocycles. The van der Waals surface area contributed by atoms with E-state index in [1.54, 1.807) is 18.2 Å². The summed E-state index contributed by atoms with van der Waals surface area (Å²) in [5, 5.41) is 3.19. The number of halogens is 2. The molecule has 0 atom stereocenters. The molecule has 0 spiro atoms. The zero-order valence-corrected chi connectivity index (χ0v) is 15.9. The Morgan fingerprint density at radius 3 is 2.36 bits per heavy atom. The van der Waals surface area contributed by atoms with Gasteiger partial charge in [0.2, 0.25) is 5.91 Å². The van der Waals surface area contributed by atoms with Gasteiger partial charge in [-0.3, -0.25) is 9.10 Å². The summed E-state index contributed by atoms with van der Waals surface area (Å²) in [5.74, 6) is -0.396. The number of amides is 1. The van der Waals surface area contributed by atoms with Crippen LogP contribution in [0.15, 0.2) is 53.4 Å². The van der Waals surface area contributed by atoms with Gasteiger partial charge >= 0.3 is 0 Å². The number of hydrogen-bond acceptors (Lipinski definition) is 3. The van der Waals surface area contributed by atoms with Gasteiger partial charge in [0.15, 0.2) is 0 Å². The highest BCUT2D eigenvalue weighted by molar-refractivity contribution is 7.92. The number of carbonyl (C=O) groups is 1. The Bertz CT molecular complexity index is 842. The standard InChI is InChI=1S/C17H18Cl2N2O3S/c1-2-10-20-17(22)12-21(13-8-9-15(18)16(19)11-13)25(23,24)14-6-4-3-5-7-14/h3-9,11H,2,10,12H2,1H3,(H,20,22). The summed E-state index contributed by atoms with van der Waals surface area (Å²) in [6, 6.07) is 12.4. The molecule has 0 bridgehead atoms. The van der Waals surface area contributed by atoms with Gasteiger partial charge in [0.1, 0.15) is 6.54 Å². The van der Waals surface area contributed by atoms with E-state index in [0.29, 0.717) is 11.6 Å². The van der Waals surface area contributed by atoms with E-state index in [0.717, 1.165) is 10.7 Å². The summed E-state index contributed by atoms with van der Waals surface area (Å²) in [7, 11) is -3.93. The molecule has 8 heteroatoms. The fourth-order valence-electron chi connectivity index (χ4n) is 2.13. The van der Waals surface area contributed by atoms with Crippen LogP contribution < -0.4 is 9.62 Å². The molecule has 2 aromatic rings. The number of benzene rings is 2. The molecule has 0 aliphatic heterocycles. The average molecular weight is 401 g/mol. The van der Waals surface area contributed by atoms with E-state index in [4.69, 9.17) is 23.2 Å². The second-order valence-corrected chi connectivity index (χ2v) is 7.95. The van der Waals surface area contributed by atoms with Crippen LogP contribution in [0.25, 0.3) is 0 Å². The molecule has 1 amide bonds. The van der Waals surface area contributed by atoms with E-state index in [9.17, 15) is 13.2 Å². The van der Waals surface area contributed by atoms with E-state index < -0.39 is 15.9 Å². The molecule has 134 valence electrons. The number of anilines is 1. The minimum Gasteiger partial charge on any atom is -0.355 e. The smallest absolute Gasteiger partial charge is 0.264 e. The number of rotatable bonds is 7. The number of sulfonamides is 1. The predicted molar refractivity (Wildman–Crippen MR) is 101 cm³/mol. The maximum atomic E-state index is 13.0. The quantitative estimate of drug-likeness (QED) is 0.769. The van der Waals surface area contributed by atoms with Crippen molar-refractivity contribution in [1.82, 2.24) is 5.32 Å². The van der Waals surface area contributed by atoms with E-state index in [1.165, 1.54) is 30.3 Å². The van der Waals surface area contributed by atoms with Gasteiger partial charge in [-0.05, 0) is 36.8 Å². The lowest BCUT2D eigenvalue weighted by atomic mass is 10.3. The summed E-state index contributed by atoms with van der Waals surface area (Å²) in [4.78, 5) is 12.2. The SMILES string of the molecule is CCCNC(=O)CN(c1ccc(Cl)c(Cl)c1)S(=O)(=O)c1ccccc1. The van der Waals surface area contributed by atoms with Crippen molar-refractivity contribution in [3.63, 3.8) is 0 Å². The van der Waals surface area contributed by atoms with Gasteiger partial charge in [-0.2, -0.15) is 0 Å². The van der Waals surface area contributed by atoms with Crippen molar-refractivity contribution in [1.29, 1.82) is 0 Å². The van der Waals surface area contributed by atoms with E-state index in [-0.39, 0.29) is 22.2 Å². The lowest BCUT2D eigenvalue weighted by molar-refractivity contribution is -0.119. The largest absolute Gasteiger partial charge is 0.355 e. The summed E-state index contributed by atoms with van der Waals surface area (Å²) >= 11 is 11.9. The Morgan fingerprint density at radius 2 is 1.76 bits per heavy atom. The minimum atomic E-state index is -3.93. The molecule has 5 nitrogen and oxygen atoms in total. The maximum Gasteiger partial charge on any atom is 0.264 e. The third-order valence-electron chi connectivity index (χ3n) is 3.38. The molecule has 0 aliphatic rings. The maximum absolute atomic E-state index is 13.0. The van der Waals surface area contributed by atoms with Crippen LogP contribution in [0.3, 0.4) is 0 Å². The number of carbonyl (C=O) groups excluding carboxylic acids is 1. The van der Waals surface area contributed by atoms with Crippen LogP contribution in [-0.4, -0.2) is 27.4 Å². The van der Waals surface area contributed by atoms with Gasteiger partial charge in [0.05, 0.1) is 20.6 Å². The topological polar surface area (TPSA) is 66.5 Å². The van der Waals surface area contributed by atoms with Crippen molar-refractivity contribution in [2.45, 2.75) is 18.2 Å². The molecule has 0 saturated heterocycles. The van der Waals surface area contributed by atoms with Crippen molar-refractivity contribution in [2.75, 3.05) is 17.4 Å². The van der Waals surface area contributed by atoms with Crippen molar-refractivity contribution >= 4 is 44.8 Å². The Hall–Kier alpha value is -1.76. The first-order valence-corrected chi connectivity index (χ1v) is 9.85. The van der Waals surface area contributed by atoms with Crippen LogP contribution >= 0.6 is 23.2 Å². The Kier molecular flexibility index (Phi) is 6.70. The molecule has 0 aromatic heterocycles. The summed E-state index contributed by atoms with van der Waals surface area (Å²) < 4.78 is 27.0. The monoisotopic (exact) mass is 400 g/mol. The fraction of sp³-hybridized carbons (Fsp3) is 0.235. The molecule has 0 fully saturated rings. The highest BCUT2D eigenvalue weighted by Gasteiger charge is 2.27. The third kappa shape index (κ3) is 4.87. The molecule has 1 N–H and O–H groups in total. The molecular formula is C17H18Cl2N2O3S. The number of hydrogen-bond donors (Lipinski definition) is 1. The number of nitrogens with zero attached hydrogens (tertiary/aromatic N) is 1. The van der Waals surface area contributed by atoms with Crippen LogP contribution in [0.4, 0.5) is 5.69 Å². The molecule has 2 rings (SSSR count). The molecular weight excluding hydrogens is 383 g/mol. The lowest BCUT2D eigenvalue weighted by Gasteiger charge is -2.24. The minimum absolute atomic E-state index is 0.0874. The van der Waals surface area contributed by atoms with Crippen LogP contribution in [0.2, 0.25) is 10.0 Å². The van der Waals surface area contributed by atoms with Crippen LogP contribution in [0, 0.1) is 0 Å². The van der Waals surface area contributed by atoms with Gasteiger partial charge in [0, 0.05) is 6.54 Å². The molecule has 2 aromatic carbocycles. The zero-order valence-electron chi connectivity index (χ0n) is 13.6. The van der Waals surface area contributed by atoms with Gasteiger partial charge in [-0.25, -0.2) is 8.42 Å². The summed E-state index contributed by atoms with van der Waals surface area (Å²) in [6.45, 7) is 2.03. The molecule has 0 unspecified atom stereocenters. The predicted octanol–water partition coefficient (Wildman–Crippen LogP) is 3.71. The van der Waals surface area contributed by atoms with Gasteiger partial charge in [-0.1, -0.05) is 48.3 Å². The fourth-order valence-corrected chi connectivity index (χ4v) is 3.85. The number of nitrogens with one attached hydrogen (secondary N) is 1. The second-order valence-electron chi connectivity index (χ2n) is 5.27. The normalized spacial score (nSPS) is 11.2. The zero-order chi connectivity index (χ0) is 18.4. The van der Waals surface area contributed by atoms with E-state index in [1.807, 2.05) is 6.92 Å². The average Bonchev–Trinajstić information content (AvgIpc) is 2.61. The summed E-state index contributed by atoms with van der Waals surface area (Å²) in [6.07, 6.45) is 0.754. The Labute approximate surface area is 157 Å². The van der Waals surface area contributed by atoms with Crippen LogP contribution in [0.1, 0.15) is 13.3 Å². The highest BCUT2D eigenvalue weighted by atomic mass is 35.5. The van der Waals surface area contributed by atoms with Crippen LogP contribution in [0.5, 0.6) is 0 Å². The molecule has 0 saturated carbocycles. The van der Waals surface area contributed by atoms with Gasteiger partial charge in [-0.15, -0.1) is 0 Å². The first kappa shape index (κ1) is 19.6. The van der Waals surface area contributed by atoms with Crippen molar-refractivity contribution in [3.05, 3.63) is 58.6 Å². The van der Waals surface area contributed by atoms with Gasteiger partial charge < -0.3 is 5.32 Å². The van der Waals surface area contributed by atoms with E-state index in [2.05, 4.69) is 5.32 Å². The van der Waals surface area contributed by atoms with Crippen molar-refractivity contribution in [2.24, 2.45) is 0 Å². The highest BCUT2D eigenvalue weighted by Crippen LogP contribution is 2.30. The Balaban J connectivity index is 2.44. The van der Waals surface area contributed by atoms with E-state index >= 15 is 0 Å². The molecule has 0 heterocycles. The van der Waals surface area contributed by atoms with Crippen molar-refractivity contribution in [3.8, 4) is 0 Å². The third-order valence-corrected chi connectivity index (χ3v) is 5.91. The van der Waals surface area contributed by atoms with Gasteiger partial charge in [0.25, 0.3) is 10.0 Å². The second kappa shape index (κ2) is 8.56. The van der Waals surface area contributed by atoms with Crippen LogP contribution in [-0.2, 0) is 14.8 Å². The lowest BCUT2D eigenvalue weighted by Crippen LogP contribution is -2.41. The molecule has 25 heavy (non-hydrogen) atoms. The first-order valence-electron chi connectivity index (χ1n) is 7.65. The Morgan fingerprint density at radius 1 is 1.08 bits per heavy atom.